The van der Waals surface area contributed by atoms with Crippen LogP contribution in [0.3, 0.4) is 0 Å². The molecule has 2 rings (SSSR count). The molecule has 1 aromatic carbocycles. The van der Waals surface area contributed by atoms with Gasteiger partial charge in [-0.05, 0) is 35.7 Å². The van der Waals surface area contributed by atoms with Crippen LogP contribution in [0.4, 0.5) is 5.69 Å². The van der Waals surface area contributed by atoms with Gasteiger partial charge in [-0.1, -0.05) is 17.7 Å². The number of nitrogens with one attached hydrogen (secondary N) is 1. The Morgan fingerprint density at radius 3 is 2.69 bits per heavy atom. The molecule has 0 bridgehead atoms. The molecule has 0 saturated heterocycles. The summed E-state index contributed by atoms with van der Waals surface area (Å²) in [5, 5.41) is 6.24. The highest BCUT2D eigenvalue weighted by molar-refractivity contribution is 8.01. The van der Waals surface area contributed by atoms with Crippen LogP contribution < -0.4 is 5.32 Å². The van der Waals surface area contributed by atoms with Gasteiger partial charge in [0, 0.05) is 23.0 Å². The monoisotopic (exact) mass is 269 g/mol. The average Bonchev–Trinajstić information content (AvgIpc) is 2.80. The van der Waals surface area contributed by atoms with Gasteiger partial charge < -0.3 is 5.32 Å². The summed E-state index contributed by atoms with van der Waals surface area (Å²) in [6, 6.07) is 12.0. The van der Waals surface area contributed by atoms with Crippen molar-refractivity contribution in [2.75, 3.05) is 17.6 Å². The lowest BCUT2D eigenvalue weighted by molar-refractivity contribution is 1.23. The molecule has 16 heavy (non-hydrogen) atoms. The fraction of sp³-hybridized carbons (Fsp3) is 0.167. The lowest BCUT2D eigenvalue weighted by Gasteiger charge is -2.05. The summed E-state index contributed by atoms with van der Waals surface area (Å²) in [5.41, 5.74) is 1.12. The van der Waals surface area contributed by atoms with Crippen LogP contribution >= 0.6 is 34.7 Å². The zero-order valence-corrected chi connectivity index (χ0v) is 11.0. The average molecular weight is 270 g/mol. The highest BCUT2D eigenvalue weighted by Gasteiger charge is 1.95. The van der Waals surface area contributed by atoms with Crippen molar-refractivity contribution in [1.29, 1.82) is 0 Å². The molecule has 0 spiro atoms. The minimum atomic E-state index is 0.776. The normalized spacial score (nSPS) is 10.3. The molecule has 0 amide bonds. The zero-order chi connectivity index (χ0) is 11.2. The van der Waals surface area contributed by atoms with E-state index < -0.39 is 0 Å². The van der Waals surface area contributed by atoms with Crippen LogP contribution in [0.2, 0.25) is 5.02 Å². The van der Waals surface area contributed by atoms with Crippen molar-refractivity contribution in [1.82, 2.24) is 0 Å². The molecule has 0 aliphatic rings. The molecular formula is C12H12ClNS2. The summed E-state index contributed by atoms with van der Waals surface area (Å²) in [4.78, 5) is 0. The predicted octanol–water partition coefficient (Wildman–Crippen LogP) is 4.61. The molecule has 0 fully saturated rings. The van der Waals surface area contributed by atoms with E-state index in [9.17, 15) is 0 Å². The van der Waals surface area contributed by atoms with E-state index in [4.69, 9.17) is 11.6 Å². The first-order chi connectivity index (χ1) is 7.84. The van der Waals surface area contributed by atoms with Crippen LogP contribution in [0.1, 0.15) is 0 Å². The summed E-state index contributed by atoms with van der Waals surface area (Å²) in [5.74, 6) is 1.07. The number of hydrogen-bond acceptors (Lipinski definition) is 3. The summed E-state index contributed by atoms with van der Waals surface area (Å²) >= 11 is 9.48. The van der Waals surface area contributed by atoms with Crippen molar-refractivity contribution in [3.8, 4) is 0 Å². The Hall–Kier alpha value is -0.640. The molecule has 1 N–H and O–H groups in total. The maximum absolute atomic E-state index is 5.81. The third-order valence-electron chi connectivity index (χ3n) is 2.01. The second-order valence-corrected chi connectivity index (χ2v) is 5.99. The van der Waals surface area contributed by atoms with Gasteiger partial charge in [-0.25, -0.2) is 0 Å². The van der Waals surface area contributed by atoms with Crippen LogP contribution in [-0.2, 0) is 0 Å². The van der Waals surface area contributed by atoms with Gasteiger partial charge in [0.2, 0.25) is 0 Å². The van der Waals surface area contributed by atoms with Crippen molar-refractivity contribution in [3.63, 3.8) is 0 Å². The standard InChI is InChI=1S/C12H12ClNS2/c13-10-3-5-11(6-4-10)14-7-9-16-12-2-1-8-15-12/h1-6,8,14H,7,9H2. The van der Waals surface area contributed by atoms with Crippen LogP contribution in [-0.4, -0.2) is 12.3 Å². The van der Waals surface area contributed by atoms with E-state index >= 15 is 0 Å². The predicted molar refractivity (Wildman–Crippen MR) is 75.0 cm³/mol. The first kappa shape index (κ1) is 11.8. The van der Waals surface area contributed by atoms with E-state index in [1.54, 1.807) is 11.3 Å². The van der Waals surface area contributed by atoms with Gasteiger partial charge in [-0.15, -0.1) is 23.1 Å². The van der Waals surface area contributed by atoms with Gasteiger partial charge >= 0.3 is 0 Å². The minimum Gasteiger partial charge on any atom is -0.384 e. The number of anilines is 1. The Labute approximate surface area is 109 Å². The number of benzene rings is 1. The van der Waals surface area contributed by atoms with Crippen LogP contribution in [0.5, 0.6) is 0 Å². The fourth-order valence-corrected chi connectivity index (χ4v) is 3.10. The molecule has 1 aromatic heterocycles. The number of halogens is 1. The SMILES string of the molecule is Clc1ccc(NCCSc2cccs2)cc1. The van der Waals surface area contributed by atoms with Gasteiger partial charge in [0.25, 0.3) is 0 Å². The van der Waals surface area contributed by atoms with E-state index in [1.165, 1.54) is 4.21 Å². The maximum Gasteiger partial charge on any atom is 0.0599 e. The molecule has 0 aliphatic heterocycles. The molecule has 4 heteroatoms. The molecule has 2 aromatic rings. The van der Waals surface area contributed by atoms with E-state index in [2.05, 4.69) is 22.8 Å². The van der Waals surface area contributed by atoms with E-state index in [0.717, 1.165) is 23.0 Å². The topological polar surface area (TPSA) is 12.0 Å². The molecule has 0 unspecified atom stereocenters. The van der Waals surface area contributed by atoms with Crippen molar-refractivity contribution in [2.24, 2.45) is 0 Å². The minimum absolute atomic E-state index is 0.776. The fourth-order valence-electron chi connectivity index (χ4n) is 1.26. The van der Waals surface area contributed by atoms with E-state index in [0.29, 0.717) is 0 Å². The zero-order valence-electron chi connectivity index (χ0n) is 8.65. The van der Waals surface area contributed by atoms with E-state index in [1.807, 2.05) is 36.0 Å². The Kier molecular flexibility index (Phi) is 4.57. The van der Waals surface area contributed by atoms with Gasteiger partial charge in [0.1, 0.15) is 0 Å². The molecule has 0 atom stereocenters. The smallest absolute Gasteiger partial charge is 0.0599 e. The number of hydrogen-bond donors (Lipinski definition) is 1. The Bertz CT molecular complexity index is 411. The maximum atomic E-state index is 5.81. The molecular weight excluding hydrogens is 258 g/mol. The second-order valence-electron chi connectivity index (χ2n) is 3.21. The third-order valence-corrected chi connectivity index (χ3v) is 4.40. The Balaban J connectivity index is 1.70. The first-order valence-electron chi connectivity index (χ1n) is 5.00. The van der Waals surface area contributed by atoms with Crippen molar-refractivity contribution in [2.45, 2.75) is 4.21 Å². The van der Waals surface area contributed by atoms with Crippen molar-refractivity contribution in [3.05, 3.63) is 46.8 Å². The lowest BCUT2D eigenvalue weighted by Crippen LogP contribution is -2.03. The van der Waals surface area contributed by atoms with Crippen LogP contribution in [0.15, 0.2) is 46.0 Å². The number of thioether (sulfide) groups is 1. The highest BCUT2D eigenvalue weighted by atomic mass is 35.5. The van der Waals surface area contributed by atoms with Crippen LogP contribution in [0, 0.1) is 0 Å². The molecule has 0 saturated carbocycles. The summed E-state index contributed by atoms with van der Waals surface area (Å²) in [6.07, 6.45) is 0. The van der Waals surface area contributed by atoms with Gasteiger partial charge in [0.05, 0.1) is 4.21 Å². The molecule has 1 nitrogen and oxygen atoms in total. The van der Waals surface area contributed by atoms with Crippen molar-refractivity contribution < 1.29 is 0 Å². The highest BCUT2D eigenvalue weighted by Crippen LogP contribution is 2.23. The van der Waals surface area contributed by atoms with Crippen molar-refractivity contribution >= 4 is 40.4 Å². The second kappa shape index (κ2) is 6.18. The number of rotatable bonds is 5. The quantitative estimate of drug-likeness (QED) is 0.629. The largest absolute Gasteiger partial charge is 0.384 e. The van der Waals surface area contributed by atoms with Gasteiger partial charge in [0.15, 0.2) is 0 Å². The summed E-state index contributed by atoms with van der Waals surface area (Å²) in [7, 11) is 0. The summed E-state index contributed by atoms with van der Waals surface area (Å²) in [6.45, 7) is 0.962. The lowest BCUT2D eigenvalue weighted by atomic mass is 10.3. The van der Waals surface area contributed by atoms with E-state index in [-0.39, 0.29) is 0 Å². The van der Waals surface area contributed by atoms with Gasteiger partial charge in [-0.3, -0.25) is 0 Å². The third kappa shape index (κ3) is 3.74. The molecule has 1 heterocycles. The molecule has 84 valence electrons. The molecule has 0 radical (unpaired) electrons. The Morgan fingerprint density at radius 1 is 1.19 bits per heavy atom. The summed E-state index contributed by atoms with van der Waals surface area (Å²) < 4.78 is 1.37. The molecule has 0 aliphatic carbocycles. The Morgan fingerprint density at radius 2 is 2.00 bits per heavy atom. The van der Waals surface area contributed by atoms with Crippen LogP contribution in [0.25, 0.3) is 0 Å². The van der Waals surface area contributed by atoms with Gasteiger partial charge in [-0.2, -0.15) is 0 Å². The first-order valence-corrected chi connectivity index (χ1v) is 7.25. The number of thiophene rings is 1.